The topological polar surface area (TPSA) is 21.3 Å². The summed E-state index contributed by atoms with van der Waals surface area (Å²) >= 11 is 0. The van der Waals surface area contributed by atoms with Crippen molar-refractivity contribution >= 4 is 0 Å². The summed E-state index contributed by atoms with van der Waals surface area (Å²) in [4.78, 5) is 0. The molecule has 0 spiro atoms. The van der Waals surface area contributed by atoms with E-state index in [0.29, 0.717) is 23.6 Å². The van der Waals surface area contributed by atoms with E-state index in [9.17, 15) is 0 Å². The van der Waals surface area contributed by atoms with Crippen molar-refractivity contribution in [3.8, 4) is 0 Å². The van der Waals surface area contributed by atoms with Crippen molar-refractivity contribution < 1.29 is 4.74 Å². The minimum atomic E-state index is 0.386. The van der Waals surface area contributed by atoms with Crippen LogP contribution in [-0.4, -0.2) is 24.8 Å². The first-order chi connectivity index (χ1) is 7.42. The quantitative estimate of drug-likeness (QED) is 0.795. The van der Waals surface area contributed by atoms with Gasteiger partial charge >= 0.3 is 0 Å². The highest BCUT2D eigenvalue weighted by atomic mass is 16.5. The Hall–Kier alpha value is -0.0800. The summed E-state index contributed by atoms with van der Waals surface area (Å²) in [5, 5.41) is 3.64. The number of ether oxygens (including phenoxy) is 1. The molecular weight excluding hydrogens is 198 g/mol. The van der Waals surface area contributed by atoms with Crippen LogP contribution in [0.1, 0.15) is 60.3 Å². The lowest BCUT2D eigenvalue weighted by Gasteiger charge is -2.36. The van der Waals surface area contributed by atoms with Crippen LogP contribution in [0.5, 0.6) is 0 Å². The van der Waals surface area contributed by atoms with E-state index in [-0.39, 0.29) is 0 Å². The van der Waals surface area contributed by atoms with E-state index in [1.807, 2.05) is 0 Å². The third-order valence-corrected chi connectivity index (χ3v) is 3.46. The highest BCUT2D eigenvalue weighted by Crippen LogP contribution is 2.22. The van der Waals surface area contributed by atoms with Crippen molar-refractivity contribution in [2.45, 2.75) is 78.5 Å². The van der Waals surface area contributed by atoms with Crippen LogP contribution in [0, 0.1) is 5.41 Å². The van der Waals surface area contributed by atoms with E-state index < -0.39 is 0 Å². The second-order valence-corrected chi connectivity index (χ2v) is 6.38. The van der Waals surface area contributed by atoms with Gasteiger partial charge in [0.05, 0.1) is 6.10 Å². The molecule has 0 aromatic rings. The molecule has 16 heavy (non-hydrogen) atoms. The van der Waals surface area contributed by atoms with Crippen molar-refractivity contribution in [1.29, 1.82) is 0 Å². The zero-order valence-corrected chi connectivity index (χ0v) is 11.7. The Morgan fingerprint density at radius 3 is 2.50 bits per heavy atom. The first kappa shape index (κ1) is 14.0. The normalized spacial score (nSPS) is 31.7. The average Bonchev–Trinajstić information content (AvgIpc) is 2.18. The molecule has 3 atom stereocenters. The summed E-state index contributed by atoms with van der Waals surface area (Å²) in [5.74, 6) is 0. The first-order valence-corrected chi connectivity index (χ1v) is 6.80. The molecule has 0 bridgehead atoms. The Kier molecular flexibility index (Phi) is 5.26. The van der Waals surface area contributed by atoms with Crippen molar-refractivity contribution in [2.75, 3.05) is 6.61 Å². The van der Waals surface area contributed by atoms with Gasteiger partial charge in [-0.05, 0) is 38.0 Å². The van der Waals surface area contributed by atoms with Gasteiger partial charge in [0.15, 0.2) is 0 Å². The van der Waals surface area contributed by atoms with Crippen molar-refractivity contribution in [2.24, 2.45) is 5.41 Å². The SMILES string of the molecule is CCC1NC(C)CCC1OCCC(C)(C)C. The average molecular weight is 227 g/mol. The maximum atomic E-state index is 6.05. The molecular formula is C14H29NO. The molecule has 1 rings (SSSR count). The Morgan fingerprint density at radius 2 is 1.94 bits per heavy atom. The molecule has 1 N–H and O–H groups in total. The Labute approximate surface area is 101 Å². The molecule has 1 aliphatic rings. The van der Waals surface area contributed by atoms with E-state index >= 15 is 0 Å². The number of hydrogen-bond donors (Lipinski definition) is 1. The number of piperidine rings is 1. The lowest BCUT2D eigenvalue weighted by Crippen LogP contribution is -2.50. The molecule has 96 valence electrons. The Bertz CT molecular complexity index is 197. The van der Waals surface area contributed by atoms with Crippen molar-refractivity contribution in [3.63, 3.8) is 0 Å². The summed E-state index contributed by atoms with van der Waals surface area (Å²) in [7, 11) is 0. The fourth-order valence-corrected chi connectivity index (χ4v) is 2.27. The molecule has 0 aliphatic carbocycles. The van der Waals surface area contributed by atoms with Gasteiger partial charge in [-0.3, -0.25) is 0 Å². The summed E-state index contributed by atoms with van der Waals surface area (Å²) < 4.78 is 6.05. The molecule has 1 aliphatic heterocycles. The van der Waals surface area contributed by atoms with Gasteiger partial charge < -0.3 is 10.1 Å². The van der Waals surface area contributed by atoms with E-state index in [1.165, 1.54) is 19.3 Å². The molecule has 1 fully saturated rings. The third-order valence-electron chi connectivity index (χ3n) is 3.46. The predicted molar refractivity (Wildman–Crippen MR) is 69.7 cm³/mol. The molecule has 0 amide bonds. The van der Waals surface area contributed by atoms with Crippen molar-refractivity contribution in [1.82, 2.24) is 5.32 Å². The van der Waals surface area contributed by atoms with Gasteiger partial charge in [0.25, 0.3) is 0 Å². The largest absolute Gasteiger partial charge is 0.377 e. The molecule has 2 nitrogen and oxygen atoms in total. The van der Waals surface area contributed by atoms with E-state index in [4.69, 9.17) is 4.74 Å². The van der Waals surface area contributed by atoms with Crippen LogP contribution in [0.3, 0.4) is 0 Å². The van der Waals surface area contributed by atoms with Gasteiger partial charge in [-0.2, -0.15) is 0 Å². The number of hydrogen-bond acceptors (Lipinski definition) is 2. The number of nitrogens with one attached hydrogen (secondary N) is 1. The summed E-state index contributed by atoms with van der Waals surface area (Å²) in [6.07, 6.45) is 5.22. The minimum Gasteiger partial charge on any atom is -0.377 e. The molecule has 3 unspecified atom stereocenters. The maximum Gasteiger partial charge on any atom is 0.0728 e. The maximum absolute atomic E-state index is 6.05. The van der Waals surface area contributed by atoms with Crippen LogP contribution in [0.4, 0.5) is 0 Å². The fourth-order valence-electron chi connectivity index (χ4n) is 2.27. The molecule has 1 saturated heterocycles. The Morgan fingerprint density at radius 1 is 1.25 bits per heavy atom. The smallest absolute Gasteiger partial charge is 0.0728 e. The van der Waals surface area contributed by atoms with Crippen LogP contribution >= 0.6 is 0 Å². The fraction of sp³-hybridized carbons (Fsp3) is 1.00. The van der Waals surface area contributed by atoms with Gasteiger partial charge in [0.1, 0.15) is 0 Å². The molecule has 0 radical (unpaired) electrons. The molecule has 0 aromatic carbocycles. The van der Waals surface area contributed by atoms with E-state index in [1.54, 1.807) is 0 Å². The van der Waals surface area contributed by atoms with E-state index in [0.717, 1.165) is 13.0 Å². The highest BCUT2D eigenvalue weighted by Gasteiger charge is 2.27. The van der Waals surface area contributed by atoms with Gasteiger partial charge in [-0.15, -0.1) is 0 Å². The highest BCUT2D eigenvalue weighted by molar-refractivity contribution is 4.85. The first-order valence-electron chi connectivity index (χ1n) is 6.80. The zero-order valence-electron chi connectivity index (χ0n) is 11.7. The van der Waals surface area contributed by atoms with Crippen LogP contribution in [0.15, 0.2) is 0 Å². The predicted octanol–water partition coefficient (Wildman–Crippen LogP) is 3.36. The Balaban J connectivity index is 2.29. The number of rotatable bonds is 4. The van der Waals surface area contributed by atoms with Crippen LogP contribution in [0.2, 0.25) is 0 Å². The molecule has 0 aromatic heterocycles. The molecule has 1 heterocycles. The zero-order chi connectivity index (χ0) is 12.2. The van der Waals surface area contributed by atoms with Crippen LogP contribution < -0.4 is 5.32 Å². The van der Waals surface area contributed by atoms with Crippen LogP contribution in [0.25, 0.3) is 0 Å². The van der Waals surface area contributed by atoms with Crippen LogP contribution in [-0.2, 0) is 4.74 Å². The molecule has 2 heteroatoms. The van der Waals surface area contributed by atoms with Gasteiger partial charge in [-0.25, -0.2) is 0 Å². The van der Waals surface area contributed by atoms with E-state index in [2.05, 4.69) is 39.9 Å². The lowest BCUT2D eigenvalue weighted by atomic mass is 9.92. The van der Waals surface area contributed by atoms with Gasteiger partial charge in [0, 0.05) is 18.7 Å². The van der Waals surface area contributed by atoms with Crippen molar-refractivity contribution in [3.05, 3.63) is 0 Å². The second kappa shape index (κ2) is 6.02. The standard InChI is InChI=1S/C14H29NO/c1-6-12-13(8-7-11(2)15-12)16-10-9-14(3,4)5/h11-13,15H,6-10H2,1-5H3. The monoisotopic (exact) mass is 227 g/mol. The summed E-state index contributed by atoms with van der Waals surface area (Å²) in [5.41, 5.74) is 0.386. The second-order valence-electron chi connectivity index (χ2n) is 6.38. The lowest BCUT2D eigenvalue weighted by molar-refractivity contribution is -0.0101. The third kappa shape index (κ3) is 4.84. The minimum absolute atomic E-state index is 0.386. The summed E-state index contributed by atoms with van der Waals surface area (Å²) in [6.45, 7) is 12.2. The van der Waals surface area contributed by atoms with Gasteiger partial charge in [-0.1, -0.05) is 27.7 Å². The van der Waals surface area contributed by atoms with Gasteiger partial charge in [0.2, 0.25) is 0 Å². The summed E-state index contributed by atoms with van der Waals surface area (Å²) in [6, 6.07) is 1.22. The molecule has 0 saturated carbocycles.